The zero-order valence-corrected chi connectivity index (χ0v) is 16.5. The van der Waals surface area contributed by atoms with Crippen molar-refractivity contribution < 1.29 is 22.7 Å². The van der Waals surface area contributed by atoms with Crippen LogP contribution >= 0.6 is 11.8 Å². The van der Waals surface area contributed by atoms with Crippen LogP contribution in [0.5, 0.6) is 11.6 Å². The smallest absolute Gasteiger partial charge is 0.417 e. The fourth-order valence-electron chi connectivity index (χ4n) is 3.14. The summed E-state index contributed by atoms with van der Waals surface area (Å²) in [6.45, 7) is 0. The lowest BCUT2D eigenvalue weighted by Crippen LogP contribution is -2.30. The predicted molar refractivity (Wildman–Crippen MR) is 108 cm³/mol. The second-order valence-corrected chi connectivity index (χ2v) is 7.85. The van der Waals surface area contributed by atoms with Crippen molar-refractivity contribution in [2.45, 2.75) is 23.5 Å². The van der Waals surface area contributed by atoms with Gasteiger partial charge in [0.25, 0.3) is 5.91 Å². The zero-order chi connectivity index (χ0) is 21.1. The number of amides is 1. The van der Waals surface area contributed by atoms with Crippen LogP contribution in [0.25, 0.3) is 0 Å². The van der Waals surface area contributed by atoms with E-state index in [9.17, 15) is 18.0 Å². The molecule has 1 aromatic heterocycles. The lowest BCUT2D eigenvalue weighted by Gasteiger charge is -2.25. The number of alkyl halides is 3. The number of pyridine rings is 1. The van der Waals surface area contributed by atoms with Gasteiger partial charge in [-0.3, -0.25) is 4.79 Å². The number of rotatable bonds is 4. The van der Waals surface area contributed by atoms with Crippen LogP contribution in [-0.4, -0.2) is 16.6 Å². The normalized spacial score (nSPS) is 15.9. The molecule has 1 atom stereocenters. The number of nitrogens with zero attached hydrogens (tertiary/aromatic N) is 1. The highest BCUT2D eigenvalue weighted by Crippen LogP contribution is 2.36. The monoisotopic (exact) mass is 430 g/mol. The van der Waals surface area contributed by atoms with Gasteiger partial charge >= 0.3 is 6.18 Å². The molecule has 0 saturated carbocycles. The van der Waals surface area contributed by atoms with E-state index in [1.54, 1.807) is 36.0 Å². The van der Waals surface area contributed by atoms with Gasteiger partial charge in [-0.2, -0.15) is 13.2 Å². The molecule has 4 rings (SSSR count). The van der Waals surface area contributed by atoms with Crippen molar-refractivity contribution in [2.75, 3.05) is 5.75 Å². The third kappa shape index (κ3) is 4.59. The standard InChI is InChI=1S/C22H17F3N2O2S/c23-22(24,25)15-7-10-20(26-13-15)29-16-8-5-14(6-9-16)21(28)27-18-11-12-30-19-4-2-1-3-17(18)19/h1-10,13,18H,11-12H2,(H,27,28)/t18-/m1/s1. The number of hydrogen-bond acceptors (Lipinski definition) is 4. The number of nitrogens with one attached hydrogen (secondary N) is 1. The average molecular weight is 430 g/mol. The first kappa shape index (κ1) is 20.3. The quantitative estimate of drug-likeness (QED) is 0.563. The van der Waals surface area contributed by atoms with Crippen molar-refractivity contribution in [1.29, 1.82) is 0 Å². The minimum atomic E-state index is -4.45. The van der Waals surface area contributed by atoms with Gasteiger partial charge in [-0.1, -0.05) is 18.2 Å². The van der Waals surface area contributed by atoms with Crippen LogP contribution in [0.1, 0.15) is 33.9 Å². The van der Waals surface area contributed by atoms with E-state index in [2.05, 4.69) is 16.4 Å². The Morgan fingerprint density at radius 1 is 1.07 bits per heavy atom. The Morgan fingerprint density at radius 3 is 2.53 bits per heavy atom. The first-order valence-corrected chi connectivity index (χ1v) is 10.2. The minimum Gasteiger partial charge on any atom is -0.439 e. The molecule has 2 heterocycles. The molecule has 0 fully saturated rings. The van der Waals surface area contributed by atoms with Crippen molar-refractivity contribution in [1.82, 2.24) is 10.3 Å². The molecule has 30 heavy (non-hydrogen) atoms. The maximum Gasteiger partial charge on any atom is 0.417 e. The summed E-state index contributed by atoms with van der Waals surface area (Å²) in [4.78, 5) is 17.5. The number of ether oxygens (including phenoxy) is 1. The number of carbonyl (C=O) groups excluding carboxylic acids is 1. The summed E-state index contributed by atoms with van der Waals surface area (Å²) in [6.07, 6.45) is -2.87. The number of carbonyl (C=O) groups is 1. The van der Waals surface area contributed by atoms with E-state index in [1.165, 1.54) is 4.90 Å². The Kier molecular flexibility index (Phi) is 5.67. The first-order valence-electron chi connectivity index (χ1n) is 9.24. The summed E-state index contributed by atoms with van der Waals surface area (Å²) in [7, 11) is 0. The third-order valence-corrected chi connectivity index (χ3v) is 5.79. The molecule has 0 bridgehead atoms. The van der Waals surface area contributed by atoms with Crippen LogP contribution in [0.15, 0.2) is 71.8 Å². The van der Waals surface area contributed by atoms with Gasteiger partial charge in [-0.15, -0.1) is 11.8 Å². The molecule has 1 amide bonds. The average Bonchev–Trinajstić information content (AvgIpc) is 2.74. The lowest BCUT2D eigenvalue weighted by atomic mass is 10.0. The maximum absolute atomic E-state index is 12.6. The van der Waals surface area contributed by atoms with Gasteiger partial charge < -0.3 is 10.1 Å². The summed E-state index contributed by atoms with van der Waals surface area (Å²) >= 11 is 1.78. The summed E-state index contributed by atoms with van der Waals surface area (Å²) in [5.74, 6) is 1.16. The van der Waals surface area contributed by atoms with Crippen LogP contribution in [0.2, 0.25) is 0 Å². The zero-order valence-electron chi connectivity index (χ0n) is 15.6. The Bertz CT molecular complexity index is 1040. The number of thioether (sulfide) groups is 1. The second kappa shape index (κ2) is 8.39. The second-order valence-electron chi connectivity index (χ2n) is 6.71. The van der Waals surface area contributed by atoms with Crippen LogP contribution in [-0.2, 0) is 6.18 Å². The highest BCUT2D eigenvalue weighted by atomic mass is 32.2. The molecule has 1 N–H and O–H groups in total. The van der Waals surface area contributed by atoms with Crippen molar-refractivity contribution in [3.05, 3.63) is 83.6 Å². The molecule has 0 spiro atoms. The van der Waals surface area contributed by atoms with Gasteiger partial charge in [0, 0.05) is 28.5 Å². The fourth-order valence-corrected chi connectivity index (χ4v) is 4.26. The van der Waals surface area contributed by atoms with E-state index in [4.69, 9.17) is 4.74 Å². The molecule has 8 heteroatoms. The molecule has 1 aliphatic rings. The fraction of sp³-hybridized carbons (Fsp3) is 0.182. The Hall–Kier alpha value is -3.00. The molecule has 2 aromatic carbocycles. The van der Waals surface area contributed by atoms with E-state index in [0.717, 1.165) is 36.1 Å². The highest BCUT2D eigenvalue weighted by molar-refractivity contribution is 7.99. The topological polar surface area (TPSA) is 51.2 Å². The molecule has 1 aliphatic heterocycles. The number of benzene rings is 2. The highest BCUT2D eigenvalue weighted by Gasteiger charge is 2.30. The van der Waals surface area contributed by atoms with E-state index in [0.29, 0.717) is 11.3 Å². The third-order valence-electron chi connectivity index (χ3n) is 4.67. The SMILES string of the molecule is O=C(N[C@@H]1CCSc2ccccc21)c1ccc(Oc2ccc(C(F)(F)F)cn2)cc1. The number of aromatic nitrogens is 1. The van der Waals surface area contributed by atoms with Crippen LogP contribution in [0, 0.1) is 0 Å². The van der Waals surface area contributed by atoms with Gasteiger partial charge in [0.1, 0.15) is 5.75 Å². The first-order chi connectivity index (χ1) is 14.4. The molecule has 0 radical (unpaired) electrons. The van der Waals surface area contributed by atoms with E-state index >= 15 is 0 Å². The number of halogens is 3. The number of hydrogen-bond donors (Lipinski definition) is 1. The maximum atomic E-state index is 12.6. The Morgan fingerprint density at radius 2 is 1.83 bits per heavy atom. The molecule has 154 valence electrons. The molecule has 3 aromatic rings. The van der Waals surface area contributed by atoms with Gasteiger partial charge in [0.2, 0.25) is 5.88 Å². The van der Waals surface area contributed by atoms with Gasteiger partial charge in [0.15, 0.2) is 0 Å². The molecule has 4 nitrogen and oxygen atoms in total. The molecule has 0 unspecified atom stereocenters. The van der Waals surface area contributed by atoms with E-state index in [1.807, 2.05) is 18.2 Å². The van der Waals surface area contributed by atoms with Gasteiger partial charge in [0.05, 0.1) is 11.6 Å². The molecule has 0 saturated heterocycles. The summed E-state index contributed by atoms with van der Waals surface area (Å²) < 4.78 is 43.3. The van der Waals surface area contributed by atoms with E-state index in [-0.39, 0.29) is 17.8 Å². The Balaban J connectivity index is 1.41. The Labute approximate surface area is 175 Å². The number of fused-ring (bicyclic) bond motifs is 1. The van der Waals surface area contributed by atoms with Crippen LogP contribution < -0.4 is 10.1 Å². The van der Waals surface area contributed by atoms with Crippen molar-refractivity contribution in [3.63, 3.8) is 0 Å². The molecular formula is C22H17F3N2O2S. The minimum absolute atomic E-state index is 0.0384. The van der Waals surface area contributed by atoms with Crippen LogP contribution in [0.4, 0.5) is 13.2 Å². The summed E-state index contributed by atoms with van der Waals surface area (Å²) in [6, 6.07) is 16.4. The largest absolute Gasteiger partial charge is 0.439 e. The predicted octanol–water partition coefficient (Wildman–Crippen LogP) is 5.86. The van der Waals surface area contributed by atoms with Crippen molar-refractivity contribution >= 4 is 17.7 Å². The van der Waals surface area contributed by atoms with E-state index < -0.39 is 11.7 Å². The lowest BCUT2D eigenvalue weighted by molar-refractivity contribution is -0.137. The van der Waals surface area contributed by atoms with Crippen molar-refractivity contribution in [2.24, 2.45) is 0 Å². The summed E-state index contributed by atoms with van der Waals surface area (Å²) in [5.41, 5.74) is 0.749. The van der Waals surface area contributed by atoms with Crippen LogP contribution in [0.3, 0.4) is 0 Å². The van der Waals surface area contributed by atoms with Crippen molar-refractivity contribution in [3.8, 4) is 11.6 Å². The van der Waals surface area contributed by atoms with Gasteiger partial charge in [-0.05, 0) is 48.4 Å². The summed E-state index contributed by atoms with van der Waals surface area (Å²) in [5, 5.41) is 3.07. The van der Waals surface area contributed by atoms with Gasteiger partial charge in [-0.25, -0.2) is 4.98 Å². The molecular weight excluding hydrogens is 413 g/mol. The molecule has 0 aliphatic carbocycles.